The summed E-state index contributed by atoms with van der Waals surface area (Å²) < 4.78 is 31.0. The van der Waals surface area contributed by atoms with Gasteiger partial charge in [0.2, 0.25) is 0 Å². The highest BCUT2D eigenvalue weighted by Gasteiger charge is 2.21. The fourth-order valence-electron chi connectivity index (χ4n) is 4.04. The van der Waals surface area contributed by atoms with E-state index in [1.165, 1.54) is 13.2 Å². The molecular formula is C31H33FO4. The number of hydrogen-bond acceptors (Lipinski definition) is 4. The number of benzene rings is 3. The third kappa shape index (κ3) is 6.66. The monoisotopic (exact) mass is 488 g/mol. The fourth-order valence-corrected chi connectivity index (χ4v) is 4.04. The Kier molecular flexibility index (Phi) is 8.77. The maximum atomic E-state index is 14.9. The lowest BCUT2D eigenvalue weighted by molar-refractivity contribution is -0.140. The molecule has 5 heteroatoms. The highest BCUT2D eigenvalue weighted by molar-refractivity contribution is 5.72. The summed E-state index contributed by atoms with van der Waals surface area (Å²) in [6.07, 6.45) is 0.196. The van der Waals surface area contributed by atoms with Crippen LogP contribution in [0.25, 0.3) is 11.1 Å². The molecule has 0 heterocycles. The van der Waals surface area contributed by atoms with Crippen molar-refractivity contribution in [1.82, 2.24) is 0 Å². The third-order valence-corrected chi connectivity index (χ3v) is 5.96. The highest BCUT2D eigenvalue weighted by Crippen LogP contribution is 2.37. The normalized spacial score (nSPS) is 11.8. The largest absolute Gasteiger partial charge is 0.497 e. The molecule has 1 unspecified atom stereocenters. The number of hydrogen-bond donors (Lipinski definition) is 0. The number of carbonyl (C=O) groups is 1. The zero-order chi connectivity index (χ0) is 26.3. The third-order valence-electron chi connectivity index (χ3n) is 5.96. The lowest BCUT2D eigenvalue weighted by Crippen LogP contribution is -2.13. The van der Waals surface area contributed by atoms with Gasteiger partial charge in [0.1, 0.15) is 23.9 Å². The molecule has 0 aliphatic rings. The van der Waals surface area contributed by atoms with E-state index in [-0.39, 0.29) is 29.5 Å². The molecule has 0 aromatic heterocycles. The van der Waals surface area contributed by atoms with E-state index in [4.69, 9.17) is 14.2 Å². The molecule has 4 nitrogen and oxygen atoms in total. The average molecular weight is 489 g/mol. The van der Waals surface area contributed by atoms with Crippen molar-refractivity contribution in [2.75, 3.05) is 14.2 Å². The smallest absolute Gasteiger partial charge is 0.307 e. The second kappa shape index (κ2) is 11.8. The molecule has 0 radical (unpaired) electrons. The Labute approximate surface area is 213 Å². The van der Waals surface area contributed by atoms with Crippen LogP contribution in [-0.2, 0) is 21.6 Å². The molecule has 0 N–H and O–H groups in total. The van der Waals surface area contributed by atoms with Crippen LogP contribution in [0.5, 0.6) is 11.5 Å². The SMILES string of the molecule is CC#CC(CC(=O)OC)c1ccc(OCc2ccc(C(C)(C)C)c(-c3cc(OC)ccc3F)c2)cc1. The lowest BCUT2D eigenvalue weighted by atomic mass is 9.81. The lowest BCUT2D eigenvalue weighted by Gasteiger charge is -2.24. The Morgan fingerprint density at radius 1 is 0.944 bits per heavy atom. The molecule has 0 aliphatic carbocycles. The summed E-state index contributed by atoms with van der Waals surface area (Å²) in [4.78, 5) is 11.7. The van der Waals surface area contributed by atoms with E-state index in [9.17, 15) is 9.18 Å². The summed E-state index contributed by atoms with van der Waals surface area (Å²) in [5.74, 6) is 6.40. The van der Waals surface area contributed by atoms with E-state index < -0.39 is 0 Å². The van der Waals surface area contributed by atoms with Crippen molar-refractivity contribution in [3.8, 4) is 34.5 Å². The first-order valence-corrected chi connectivity index (χ1v) is 11.9. The van der Waals surface area contributed by atoms with Crippen LogP contribution in [0.3, 0.4) is 0 Å². The molecule has 188 valence electrons. The van der Waals surface area contributed by atoms with Crippen LogP contribution < -0.4 is 9.47 Å². The molecule has 0 bridgehead atoms. The quantitative estimate of drug-likeness (QED) is 0.252. The van der Waals surface area contributed by atoms with Gasteiger partial charge in [0, 0.05) is 5.56 Å². The highest BCUT2D eigenvalue weighted by atomic mass is 19.1. The van der Waals surface area contributed by atoms with Gasteiger partial charge in [-0.25, -0.2) is 4.39 Å². The molecule has 3 rings (SSSR count). The van der Waals surface area contributed by atoms with Crippen LogP contribution in [0.2, 0.25) is 0 Å². The van der Waals surface area contributed by atoms with Crippen molar-refractivity contribution in [3.63, 3.8) is 0 Å². The number of halogens is 1. The Bertz CT molecular complexity index is 1260. The van der Waals surface area contributed by atoms with Crippen LogP contribution >= 0.6 is 0 Å². The standard InChI is InChI=1S/C31H33FO4/c1-7-8-23(18-30(33)35-6)22-10-12-24(13-11-22)36-20-21-9-15-28(31(2,3)4)26(17-21)27-19-25(34-5)14-16-29(27)32/h9-17,19,23H,18,20H2,1-6H3. The van der Waals surface area contributed by atoms with E-state index in [0.717, 1.165) is 22.3 Å². The zero-order valence-electron chi connectivity index (χ0n) is 21.8. The minimum atomic E-state index is -0.301. The van der Waals surface area contributed by atoms with Gasteiger partial charge < -0.3 is 14.2 Å². The summed E-state index contributed by atoms with van der Waals surface area (Å²) in [6, 6.07) is 18.4. The van der Waals surface area contributed by atoms with Gasteiger partial charge >= 0.3 is 5.97 Å². The predicted molar refractivity (Wildman–Crippen MR) is 141 cm³/mol. The Morgan fingerprint density at radius 3 is 2.25 bits per heavy atom. The Morgan fingerprint density at radius 2 is 1.64 bits per heavy atom. The predicted octanol–water partition coefficient (Wildman–Crippen LogP) is 7.05. The molecule has 0 amide bonds. The van der Waals surface area contributed by atoms with Crippen LogP contribution in [-0.4, -0.2) is 20.2 Å². The van der Waals surface area contributed by atoms with Gasteiger partial charge in [-0.15, -0.1) is 5.92 Å². The zero-order valence-corrected chi connectivity index (χ0v) is 21.8. The minimum absolute atomic E-state index is 0.178. The second-order valence-corrected chi connectivity index (χ2v) is 9.56. The topological polar surface area (TPSA) is 44.8 Å². The van der Waals surface area contributed by atoms with E-state index in [0.29, 0.717) is 23.7 Å². The van der Waals surface area contributed by atoms with Crippen molar-refractivity contribution in [1.29, 1.82) is 0 Å². The van der Waals surface area contributed by atoms with Crippen LogP contribution in [0.15, 0.2) is 60.7 Å². The summed E-state index contributed by atoms with van der Waals surface area (Å²) in [6.45, 7) is 8.40. The number of esters is 1. The van der Waals surface area contributed by atoms with Crippen LogP contribution in [0, 0.1) is 17.7 Å². The average Bonchev–Trinajstić information content (AvgIpc) is 2.87. The summed E-state index contributed by atoms with van der Waals surface area (Å²) in [7, 11) is 2.95. The van der Waals surface area contributed by atoms with Crippen molar-refractivity contribution < 1.29 is 23.4 Å². The molecule has 0 saturated carbocycles. The van der Waals surface area contributed by atoms with E-state index in [1.807, 2.05) is 42.5 Å². The molecule has 3 aromatic rings. The van der Waals surface area contributed by atoms with E-state index in [1.54, 1.807) is 26.2 Å². The van der Waals surface area contributed by atoms with Crippen molar-refractivity contribution in [2.24, 2.45) is 0 Å². The number of carbonyl (C=O) groups excluding carboxylic acids is 1. The van der Waals surface area contributed by atoms with Crippen LogP contribution in [0.1, 0.15) is 56.7 Å². The summed E-state index contributed by atoms with van der Waals surface area (Å²) in [5, 5.41) is 0. The van der Waals surface area contributed by atoms with Crippen molar-refractivity contribution >= 4 is 5.97 Å². The minimum Gasteiger partial charge on any atom is -0.497 e. The first-order chi connectivity index (χ1) is 17.2. The van der Waals surface area contributed by atoms with Crippen LogP contribution in [0.4, 0.5) is 4.39 Å². The molecule has 3 aromatic carbocycles. The summed E-state index contributed by atoms with van der Waals surface area (Å²) in [5.41, 5.74) is 4.02. The molecule has 0 aliphatic heterocycles. The molecular weight excluding hydrogens is 455 g/mol. The van der Waals surface area contributed by atoms with E-state index in [2.05, 4.69) is 32.6 Å². The molecule has 36 heavy (non-hydrogen) atoms. The Hall–Kier alpha value is -3.78. The summed E-state index contributed by atoms with van der Waals surface area (Å²) >= 11 is 0. The molecule has 0 saturated heterocycles. The molecule has 0 spiro atoms. The van der Waals surface area contributed by atoms with Gasteiger partial charge in [-0.2, -0.15) is 0 Å². The first kappa shape index (κ1) is 26.8. The maximum absolute atomic E-state index is 14.9. The van der Waals surface area contributed by atoms with Gasteiger partial charge in [0.05, 0.1) is 26.6 Å². The number of ether oxygens (including phenoxy) is 3. The number of rotatable bonds is 8. The molecule has 1 atom stereocenters. The van der Waals surface area contributed by atoms with Crippen molar-refractivity contribution in [2.45, 2.75) is 52.1 Å². The maximum Gasteiger partial charge on any atom is 0.307 e. The van der Waals surface area contributed by atoms with Gasteiger partial charge in [-0.05, 0) is 71.0 Å². The van der Waals surface area contributed by atoms with E-state index >= 15 is 0 Å². The fraction of sp³-hybridized carbons (Fsp3) is 0.323. The van der Waals surface area contributed by atoms with Gasteiger partial charge in [-0.1, -0.05) is 51.0 Å². The van der Waals surface area contributed by atoms with Gasteiger partial charge in [-0.3, -0.25) is 4.79 Å². The first-order valence-electron chi connectivity index (χ1n) is 11.9. The van der Waals surface area contributed by atoms with Crippen molar-refractivity contribution in [3.05, 3.63) is 83.2 Å². The number of methoxy groups -OCH3 is 2. The second-order valence-electron chi connectivity index (χ2n) is 9.56. The van der Waals surface area contributed by atoms with Gasteiger partial charge in [0.15, 0.2) is 0 Å². The van der Waals surface area contributed by atoms with Gasteiger partial charge in [0.25, 0.3) is 0 Å². The molecule has 0 fully saturated rings. The Balaban J connectivity index is 1.84.